The molecule has 2 aromatic rings. The lowest BCUT2D eigenvalue weighted by atomic mass is 10.1. The van der Waals surface area contributed by atoms with Crippen molar-refractivity contribution in [3.63, 3.8) is 0 Å². The van der Waals surface area contributed by atoms with Crippen molar-refractivity contribution in [1.82, 2.24) is 15.8 Å². The van der Waals surface area contributed by atoms with E-state index < -0.39 is 0 Å². The van der Waals surface area contributed by atoms with Gasteiger partial charge in [0.05, 0.1) is 11.6 Å². The molecule has 0 aliphatic carbocycles. The Morgan fingerprint density at radius 1 is 1.24 bits per heavy atom. The molecule has 3 rings (SSSR count). The quantitative estimate of drug-likeness (QED) is 0.617. The smallest absolute Gasteiger partial charge is 0.230 e. The Bertz CT molecular complexity index is 542. The number of nitrogens with one attached hydrogen (secondary N) is 4. The lowest BCUT2D eigenvalue weighted by Crippen LogP contribution is -2.26. The van der Waals surface area contributed by atoms with E-state index in [2.05, 4.69) is 21.2 Å². The van der Waals surface area contributed by atoms with E-state index in [1.165, 1.54) is 0 Å². The third kappa shape index (κ3) is 1.90. The van der Waals surface area contributed by atoms with E-state index in [-0.39, 0.29) is 11.8 Å². The molecule has 0 spiro atoms. The van der Waals surface area contributed by atoms with Gasteiger partial charge in [-0.2, -0.15) is 0 Å². The summed E-state index contributed by atoms with van der Waals surface area (Å²) in [6.07, 6.45) is 1.83. The Hall–Kier alpha value is -1.85. The summed E-state index contributed by atoms with van der Waals surface area (Å²) < 4.78 is 0. The van der Waals surface area contributed by atoms with E-state index in [0.29, 0.717) is 13.1 Å². The summed E-state index contributed by atoms with van der Waals surface area (Å²) in [5.41, 5.74) is 7.78. The summed E-state index contributed by atoms with van der Waals surface area (Å²) in [5.74, 6) is 0.0379. The predicted molar refractivity (Wildman–Crippen MR) is 66.4 cm³/mol. The number of aromatic nitrogens is 1. The van der Waals surface area contributed by atoms with Gasteiger partial charge in [-0.25, -0.2) is 0 Å². The molecule has 0 saturated carbocycles. The fraction of sp³-hybridized carbons (Fsp3) is 0.250. The fourth-order valence-electron chi connectivity index (χ4n) is 2.06. The highest BCUT2D eigenvalue weighted by atomic mass is 16.2. The molecule has 0 atom stereocenters. The standard InChI is InChI=1S/C12H14N4O/c17-12(8-5-14-15-6-8)16-11-7-13-10-4-2-1-3-9(10)11/h1-4,7-8,13-15H,5-6H2,(H,16,17). The Morgan fingerprint density at radius 2 is 2.00 bits per heavy atom. The maximum absolute atomic E-state index is 12.0. The van der Waals surface area contributed by atoms with Crippen molar-refractivity contribution in [2.45, 2.75) is 0 Å². The molecule has 1 fully saturated rings. The third-order valence-electron chi connectivity index (χ3n) is 3.04. The average molecular weight is 230 g/mol. The van der Waals surface area contributed by atoms with Crippen LogP contribution < -0.4 is 16.2 Å². The molecule has 0 bridgehead atoms. The van der Waals surface area contributed by atoms with Crippen LogP contribution in [0.2, 0.25) is 0 Å². The van der Waals surface area contributed by atoms with Crippen LogP contribution in [0.3, 0.4) is 0 Å². The summed E-state index contributed by atoms with van der Waals surface area (Å²) in [4.78, 5) is 15.1. The molecule has 1 aliphatic heterocycles. The zero-order chi connectivity index (χ0) is 11.7. The van der Waals surface area contributed by atoms with Crippen molar-refractivity contribution in [3.8, 4) is 0 Å². The molecule has 0 radical (unpaired) electrons. The second kappa shape index (κ2) is 4.20. The van der Waals surface area contributed by atoms with E-state index >= 15 is 0 Å². The number of carbonyl (C=O) groups excluding carboxylic acids is 1. The van der Waals surface area contributed by atoms with Gasteiger partial charge in [-0.1, -0.05) is 18.2 Å². The Morgan fingerprint density at radius 3 is 2.82 bits per heavy atom. The summed E-state index contributed by atoms with van der Waals surface area (Å²) in [7, 11) is 0. The number of aromatic amines is 1. The van der Waals surface area contributed by atoms with Gasteiger partial charge in [0.25, 0.3) is 0 Å². The minimum Gasteiger partial charge on any atom is -0.359 e. The van der Waals surface area contributed by atoms with Gasteiger partial charge in [0.2, 0.25) is 5.91 Å². The highest BCUT2D eigenvalue weighted by Crippen LogP contribution is 2.22. The van der Waals surface area contributed by atoms with Gasteiger partial charge in [0.15, 0.2) is 0 Å². The first-order chi connectivity index (χ1) is 8.34. The number of amides is 1. The molecule has 1 saturated heterocycles. The third-order valence-corrected chi connectivity index (χ3v) is 3.04. The first kappa shape index (κ1) is 10.3. The Balaban J connectivity index is 1.82. The van der Waals surface area contributed by atoms with Gasteiger partial charge < -0.3 is 10.3 Å². The molecule has 5 heteroatoms. The van der Waals surface area contributed by atoms with Gasteiger partial charge in [-0.3, -0.25) is 15.6 Å². The number of hydrogen-bond donors (Lipinski definition) is 4. The van der Waals surface area contributed by atoms with Crippen LogP contribution in [0.5, 0.6) is 0 Å². The summed E-state index contributed by atoms with van der Waals surface area (Å²) in [6, 6.07) is 7.91. The van der Waals surface area contributed by atoms with Crippen LogP contribution in [0.1, 0.15) is 0 Å². The summed E-state index contributed by atoms with van der Waals surface area (Å²) >= 11 is 0. The van der Waals surface area contributed by atoms with Gasteiger partial charge in [-0.05, 0) is 6.07 Å². The van der Waals surface area contributed by atoms with E-state index in [4.69, 9.17) is 0 Å². The van der Waals surface area contributed by atoms with E-state index in [0.717, 1.165) is 16.6 Å². The first-order valence-corrected chi connectivity index (χ1v) is 5.67. The minimum atomic E-state index is -0.0105. The molecule has 1 aliphatic rings. The first-order valence-electron chi connectivity index (χ1n) is 5.67. The predicted octanol–water partition coefficient (Wildman–Crippen LogP) is 0.830. The van der Waals surface area contributed by atoms with Crippen LogP contribution in [0.25, 0.3) is 10.9 Å². The second-order valence-corrected chi connectivity index (χ2v) is 4.20. The lowest BCUT2D eigenvalue weighted by Gasteiger charge is -2.07. The number of anilines is 1. The molecule has 1 aromatic heterocycles. The molecule has 2 heterocycles. The van der Waals surface area contributed by atoms with Gasteiger partial charge >= 0.3 is 0 Å². The summed E-state index contributed by atoms with van der Waals surface area (Å²) in [5, 5.41) is 4.00. The minimum absolute atomic E-state index is 0.0105. The van der Waals surface area contributed by atoms with Gasteiger partial charge in [0.1, 0.15) is 0 Å². The van der Waals surface area contributed by atoms with Crippen molar-refractivity contribution in [1.29, 1.82) is 0 Å². The number of H-pyrrole nitrogens is 1. The van der Waals surface area contributed by atoms with Crippen molar-refractivity contribution in [2.24, 2.45) is 5.92 Å². The SMILES string of the molecule is O=C(Nc1c[nH]c2ccccc12)C1CNNC1. The number of hydrazine groups is 1. The lowest BCUT2D eigenvalue weighted by molar-refractivity contribution is -0.119. The van der Waals surface area contributed by atoms with Crippen LogP contribution >= 0.6 is 0 Å². The molecule has 1 amide bonds. The number of carbonyl (C=O) groups is 1. The molecule has 88 valence electrons. The van der Waals surface area contributed by atoms with Crippen molar-refractivity contribution >= 4 is 22.5 Å². The Kier molecular flexibility index (Phi) is 2.55. The van der Waals surface area contributed by atoms with Crippen molar-refractivity contribution < 1.29 is 4.79 Å². The average Bonchev–Trinajstić information content (AvgIpc) is 2.98. The molecule has 0 unspecified atom stereocenters. The monoisotopic (exact) mass is 230 g/mol. The van der Waals surface area contributed by atoms with Crippen molar-refractivity contribution in [3.05, 3.63) is 30.5 Å². The van der Waals surface area contributed by atoms with Gasteiger partial charge in [-0.15, -0.1) is 0 Å². The number of para-hydroxylation sites is 1. The number of rotatable bonds is 2. The zero-order valence-corrected chi connectivity index (χ0v) is 9.29. The molecule has 1 aromatic carbocycles. The van der Waals surface area contributed by atoms with Crippen LogP contribution in [0.15, 0.2) is 30.5 Å². The second-order valence-electron chi connectivity index (χ2n) is 4.20. The maximum atomic E-state index is 12.0. The zero-order valence-electron chi connectivity index (χ0n) is 9.29. The van der Waals surface area contributed by atoms with Crippen LogP contribution in [0.4, 0.5) is 5.69 Å². The van der Waals surface area contributed by atoms with Crippen LogP contribution in [0, 0.1) is 5.92 Å². The topological polar surface area (TPSA) is 69.0 Å². The number of fused-ring (bicyclic) bond motifs is 1. The molecule has 5 nitrogen and oxygen atoms in total. The highest BCUT2D eigenvalue weighted by Gasteiger charge is 2.22. The molecule has 4 N–H and O–H groups in total. The summed E-state index contributed by atoms with van der Waals surface area (Å²) in [6.45, 7) is 1.35. The number of benzene rings is 1. The molecular weight excluding hydrogens is 216 g/mol. The Labute approximate surface area is 98.6 Å². The van der Waals surface area contributed by atoms with E-state index in [1.807, 2.05) is 30.5 Å². The molecule has 17 heavy (non-hydrogen) atoms. The van der Waals surface area contributed by atoms with Crippen molar-refractivity contribution in [2.75, 3.05) is 18.4 Å². The highest BCUT2D eigenvalue weighted by molar-refractivity contribution is 6.02. The number of hydrogen-bond acceptors (Lipinski definition) is 3. The van der Waals surface area contributed by atoms with Crippen LogP contribution in [-0.2, 0) is 4.79 Å². The van der Waals surface area contributed by atoms with Gasteiger partial charge in [0, 0.05) is 30.2 Å². The normalized spacial score (nSPS) is 16.5. The largest absolute Gasteiger partial charge is 0.359 e. The van der Waals surface area contributed by atoms with E-state index in [9.17, 15) is 4.79 Å². The molecular formula is C12H14N4O. The van der Waals surface area contributed by atoms with E-state index in [1.54, 1.807) is 0 Å². The van der Waals surface area contributed by atoms with Crippen LogP contribution in [-0.4, -0.2) is 24.0 Å². The maximum Gasteiger partial charge on any atom is 0.230 e. The fourth-order valence-corrected chi connectivity index (χ4v) is 2.06.